The number of rotatable bonds is 8. The number of anilines is 2. The lowest BCUT2D eigenvalue weighted by Gasteiger charge is -2.27. The fraction of sp³-hybridized carbons (Fsp3) is 0.320. The Balaban J connectivity index is 1.44. The summed E-state index contributed by atoms with van der Waals surface area (Å²) in [5.74, 6) is -0.593. The monoisotopic (exact) mass is 577 g/mol. The predicted octanol–water partition coefficient (Wildman–Crippen LogP) is 5.25. The first kappa shape index (κ1) is 26.7. The zero-order valence-corrected chi connectivity index (χ0v) is 21.3. The van der Waals surface area contributed by atoms with Gasteiger partial charge in [0.2, 0.25) is 5.91 Å². The van der Waals surface area contributed by atoms with Gasteiger partial charge < -0.3 is 15.4 Å². The lowest BCUT2D eigenvalue weighted by Crippen LogP contribution is -2.44. The van der Waals surface area contributed by atoms with Crippen molar-refractivity contribution in [3.63, 3.8) is 0 Å². The van der Waals surface area contributed by atoms with Crippen LogP contribution in [0.2, 0.25) is 0 Å². The summed E-state index contributed by atoms with van der Waals surface area (Å²) in [6.45, 7) is 2.20. The zero-order chi connectivity index (χ0) is 26.6. The number of alkyl halides is 3. The molecule has 2 atom stereocenters. The van der Waals surface area contributed by atoms with Crippen molar-refractivity contribution in [2.45, 2.75) is 32.0 Å². The summed E-state index contributed by atoms with van der Waals surface area (Å²) in [4.78, 5) is 38.0. The third-order valence-electron chi connectivity index (χ3n) is 6.11. The van der Waals surface area contributed by atoms with E-state index in [1.165, 1.54) is 37.1 Å². The van der Waals surface area contributed by atoms with Crippen LogP contribution in [0.1, 0.15) is 47.4 Å². The Kier molecular flexibility index (Phi) is 7.88. The van der Waals surface area contributed by atoms with E-state index in [-0.39, 0.29) is 30.4 Å². The first-order chi connectivity index (χ1) is 17.6. The number of ketones is 1. The number of aromatic nitrogens is 3. The zero-order valence-electron chi connectivity index (χ0n) is 19.7. The average molecular weight is 578 g/mol. The topological polar surface area (TPSA) is 106 Å². The van der Waals surface area contributed by atoms with Gasteiger partial charge >= 0.3 is 6.18 Å². The quantitative estimate of drug-likeness (QED) is 0.352. The van der Waals surface area contributed by atoms with E-state index in [0.29, 0.717) is 34.4 Å². The highest BCUT2D eigenvalue weighted by atomic mass is 79.9. The van der Waals surface area contributed by atoms with E-state index in [2.05, 4.69) is 41.5 Å². The first-order valence-electron chi connectivity index (χ1n) is 11.3. The largest absolute Gasteiger partial charge is 0.418 e. The smallest absolute Gasteiger partial charge is 0.380 e. The van der Waals surface area contributed by atoms with Crippen molar-refractivity contribution in [2.24, 2.45) is 5.41 Å². The standard InChI is InChI=1S/C25H23BrF3N5O3/c1-15(33-23(36)24(6-7-37-13-24)9-22(35)16-10-30-14-31-11-16)20-5-3-18(12-32-20)34-21-4-2-17(26)8-19(21)25(27,28)29/h2-5,8,10-12,14-15,34H,6-7,9,13H2,1H3,(H,33,36)/t15-,24+/m1/s1. The van der Waals surface area contributed by atoms with Crippen LogP contribution in [-0.4, -0.2) is 39.9 Å². The number of Topliss-reactive ketones (excluding diaryl/α,β-unsaturated/α-hetero) is 1. The van der Waals surface area contributed by atoms with Gasteiger partial charge in [0.05, 0.1) is 52.5 Å². The molecule has 3 aromatic rings. The van der Waals surface area contributed by atoms with Crippen LogP contribution in [0.15, 0.2) is 59.7 Å². The number of hydrogen-bond donors (Lipinski definition) is 2. The van der Waals surface area contributed by atoms with Crippen LogP contribution < -0.4 is 10.6 Å². The Morgan fingerprint density at radius 3 is 2.54 bits per heavy atom. The van der Waals surface area contributed by atoms with Crippen LogP contribution in [0.3, 0.4) is 0 Å². The van der Waals surface area contributed by atoms with E-state index in [1.54, 1.807) is 19.1 Å². The Morgan fingerprint density at radius 2 is 1.92 bits per heavy atom. The summed E-state index contributed by atoms with van der Waals surface area (Å²) >= 11 is 3.07. The number of hydrogen-bond acceptors (Lipinski definition) is 7. The Morgan fingerprint density at radius 1 is 1.16 bits per heavy atom. The van der Waals surface area contributed by atoms with E-state index in [0.717, 1.165) is 6.07 Å². The maximum atomic E-state index is 13.4. The summed E-state index contributed by atoms with van der Waals surface area (Å²) in [7, 11) is 0. The van der Waals surface area contributed by atoms with Crippen molar-refractivity contribution in [3.05, 3.63) is 76.5 Å². The fourth-order valence-electron chi connectivity index (χ4n) is 4.03. The highest BCUT2D eigenvalue weighted by Crippen LogP contribution is 2.38. The van der Waals surface area contributed by atoms with E-state index in [4.69, 9.17) is 4.74 Å². The van der Waals surface area contributed by atoms with Gasteiger partial charge in [-0.25, -0.2) is 9.97 Å². The minimum atomic E-state index is -4.53. The van der Waals surface area contributed by atoms with E-state index in [1.807, 2.05) is 0 Å². The van der Waals surface area contributed by atoms with Crippen molar-refractivity contribution in [3.8, 4) is 0 Å². The average Bonchev–Trinajstić information content (AvgIpc) is 3.35. The minimum absolute atomic E-state index is 0.0516. The number of nitrogens with zero attached hydrogens (tertiary/aromatic N) is 3. The number of halogens is 4. The lowest BCUT2D eigenvalue weighted by molar-refractivity contribution is -0.137. The first-order valence-corrected chi connectivity index (χ1v) is 12.1. The van der Waals surface area contributed by atoms with Gasteiger partial charge in [-0.2, -0.15) is 13.2 Å². The third-order valence-corrected chi connectivity index (χ3v) is 6.60. The highest BCUT2D eigenvalue weighted by Gasteiger charge is 2.44. The van der Waals surface area contributed by atoms with Crippen molar-refractivity contribution in [2.75, 3.05) is 18.5 Å². The molecule has 0 radical (unpaired) electrons. The Labute approximate surface area is 219 Å². The molecule has 1 saturated heterocycles. The number of pyridine rings is 1. The number of carbonyl (C=O) groups is 2. The molecule has 2 N–H and O–H groups in total. The SMILES string of the molecule is C[C@@H](NC(=O)[C@]1(CC(=O)c2cncnc2)CCOC1)c1ccc(Nc2ccc(Br)cc2C(F)(F)F)cn1. The van der Waals surface area contributed by atoms with Crippen LogP contribution >= 0.6 is 15.9 Å². The third kappa shape index (κ3) is 6.31. The molecule has 1 amide bonds. The van der Waals surface area contributed by atoms with E-state index < -0.39 is 23.2 Å². The molecular weight excluding hydrogens is 555 g/mol. The molecule has 0 unspecified atom stereocenters. The molecule has 1 aliphatic heterocycles. The van der Waals surface area contributed by atoms with Gasteiger partial charge in [-0.05, 0) is 43.7 Å². The second-order valence-corrected chi connectivity index (χ2v) is 9.71. The highest BCUT2D eigenvalue weighted by molar-refractivity contribution is 9.10. The number of benzene rings is 1. The number of nitrogens with one attached hydrogen (secondary N) is 2. The molecule has 1 fully saturated rings. The molecule has 37 heavy (non-hydrogen) atoms. The molecule has 2 aromatic heterocycles. The Hall–Kier alpha value is -3.38. The molecule has 12 heteroatoms. The second kappa shape index (κ2) is 10.9. The molecule has 0 bridgehead atoms. The predicted molar refractivity (Wildman–Crippen MR) is 132 cm³/mol. The molecule has 0 spiro atoms. The molecular formula is C25H23BrF3N5O3. The van der Waals surface area contributed by atoms with Gasteiger partial charge in [0, 0.05) is 29.9 Å². The van der Waals surface area contributed by atoms with E-state index in [9.17, 15) is 22.8 Å². The minimum Gasteiger partial charge on any atom is -0.380 e. The number of ether oxygens (including phenoxy) is 1. The summed E-state index contributed by atoms with van der Waals surface area (Å²) < 4.78 is 46.0. The van der Waals surface area contributed by atoms with Crippen LogP contribution in [0.5, 0.6) is 0 Å². The van der Waals surface area contributed by atoms with Gasteiger partial charge in [0.15, 0.2) is 5.78 Å². The van der Waals surface area contributed by atoms with Gasteiger partial charge in [0.25, 0.3) is 0 Å². The summed E-state index contributed by atoms with van der Waals surface area (Å²) in [6.07, 6.45) is 1.33. The molecule has 0 aliphatic carbocycles. The lowest BCUT2D eigenvalue weighted by atomic mass is 9.80. The van der Waals surface area contributed by atoms with Gasteiger partial charge in [-0.15, -0.1) is 0 Å². The van der Waals surface area contributed by atoms with Crippen molar-refractivity contribution in [1.29, 1.82) is 0 Å². The van der Waals surface area contributed by atoms with Gasteiger partial charge in [-0.1, -0.05) is 15.9 Å². The van der Waals surface area contributed by atoms with Crippen LogP contribution in [-0.2, 0) is 15.7 Å². The second-order valence-electron chi connectivity index (χ2n) is 8.79. The van der Waals surface area contributed by atoms with Gasteiger partial charge in [0.1, 0.15) is 6.33 Å². The van der Waals surface area contributed by atoms with Crippen molar-refractivity contribution < 1.29 is 27.5 Å². The van der Waals surface area contributed by atoms with Crippen LogP contribution in [0.4, 0.5) is 24.5 Å². The number of carbonyl (C=O) groups excluding carboxylic acids is 2. The number of amides is 1. The van der Waals surface area contributed by atoms with Crippen LogP contribution in [0, 0.1) is 5.41 Å². The molecule has 1 aliphatic rings. The molecule has 194 valence electrons. The fourth-order valence-corrected chi connectivity index (χ4v) is 4.39. The normalized spacial score (nSPS) is 18.3. The van der Waals surface area contributed by atoms with Gasteiger partial charge in [-0.3, -0.25) is 14.6 Å². The summed E-state index contributed by atoms with van der Waals surface area (Å²) in [5, 5.41) is 5.65. The molecule has 0 saturated carbocycles. The molecule has 4 rings (SSSR count). The van der Waals surface area contributed by atoms with E-state index >= 15 is 0 Å². The van der Waals surface area contributed by atoms with Crippen molar-refractivity contribution in [1.82, 2.24) is 20.3 Å². The summed E-state index contributed by atoms with van der Waals surface area (Å²) in [5.41, 5.74) is -0.776. The van der Waals surface area contributed by atoms with Crippen molar-refractivity contribution >= 4 is 39.0 Å². The molecule has 3 heterocycles. The van der Waals surface area contributed by atoms with Crippen LogP contribution in [0.25, 0.3) is 0 Å². The molecule has 1 aromatic carbocycles. The Bertz CT molecular complexity index is 1270. The maximum Gasteiger partial charge on any atom is 0.418 e. The summed E-state index contributed by atoms with van der Waals surface area (Å²) in [6, 6.07) is 6.52. The maximum absolute atomic E-state index is 13.4. The molecule has 8 nitrogen and oxygen atoms in total.